The molecule has 162 valence electrons. The molecule has 1 saturated heterocycles. The number of carbonyl (C=O) groups is 1. The lowest BCUT2D eigenvalue weighted by Crippen LogP contribution is -2.35. The molecule has 8 nitrogen and oxygen atoms in total. The Kier molecular flexibility index (Phi) is 5.73. The van der Waals surface area contributed by atoms with Gasteiger partial charge in [-0.1, -0.05) is 6.07 Å². The van der Waals surface area contributed by atoms with Crippen LogP contribution in [-0.2, 0) is 22.6 Å². The van der Waals surface area contributed by atoms with Gasteiger partial charge in [0.25, 0.3) is 0 Å². The van der Waals surface area contributed by atoms with E-state index < -0.39 is 6.09 Å². The summed E-state index contributed by atoms with van der Waals surface area (Å²) in [5, 5.41) is 11.5. The minimum Gasteiger partial charge on any atom is -0.494 e. The number of rotatable bonds is 2. The molecular weight excluding hydrogens is 396 g/mol. The molecule has 1 aromatic heterocycles. The van der Waals surface area contributed by atoms with Crippen molar-refractivity contribution in [1.29, 1.82) is 0 Å². The Balaban J connectivity index is 1.54. The number of cyclic esters (lactones) is 1. The molecule has 2 aromatic carbocycles. The minimum absolute atomic E-state index is 0.208. The lowest BCUT2D eigenvalue weighted by atomic mass is 10.0. The topological polar surface area (TPSA) is 88.7 Å². The largest absolute Gasteiger partial charge is 0.494 e. The maximum atomic E-state index is 12.1. The van der Waals surface area contributed by atoms with Crippen molar-refractivity contribution < 1.29 is 19.0 Å². The number of nitrogens with one attached hydrogen (secondary N) is 2. The second kappa shape index (κ2) is 8.95. The van der Waals surface area contributed by atoms with E-state index in [9.17, 15) is 4.79 Å². The molecule has 31 heavy (non-hydrogen) atoms. The third-order valence-corrected chi connectivity index (χ3v) is 5.60. The molecule has 0 saturated carbocycles. The van der Waals surface area contributed by atoms with E-state index in [0.29, 0.717) is 19.6 Å². The first-order chi connectivity index (χ1) is 15.2. The van der Waals surface area contributed by atoms with E-state index in [4.69, 9.17) is 14.2 Å². The summed E-state index contributed by atoms with van der Waals surface area (Å²) in [4.78, 5) is 14.4. The van der Waals surface area contributed by atoms with Gasteiger partial charge in [-0.25, -0.2) is 4.79 Å². The van der Waals surface area contributed by atoms with E-state index in [1.807, 2.05) is 24.3 Å². The van der Waals surface area contributed by atoms with Gasteiger partial charge in [-0.05, 0) is 47.9 Å². The average Bonchev–Trinajstić information content (AvgIpc) is 3.21. The van der Waals surface area contributed by atoms with Crippen LogP contribution in [0.3, 0.4) is 0 Å². The lowest BCUT2D eigenvalue weighted by Gasteiger charge is -2.27. The molecule has 1 fully saturated rings. The number of benzene rings is 2. The van der Waals surface area contributed by atoms with Crippen molar-refractivity contribution in [3.63, 3.8) is 0 Å². The second-order valence-corrected chi connectivity index (χ2v) is 7.91. The zero-order valence-electron chi connectivity index (χ0n) is 17.4. The van der Waals surface area contributed by atoms with E-state index >= 15 is 0 Å². The fourth-order valence-corrected chi connectivity index (χ4v) is 4.05. The summed E-state index contributed by atoms with van der Waals surface area (Å²) < 4.78 is 16.8. The standard InChI is InChI=1S/C23H26N4O4/c28-23-24-4-1-7-30-19-2-3-21-20(13-19)22(26-25-21)18-11-16(10-17(12-18)15-31-23)14-27-5-8-29-9-6-27/h2-3,10-13H,1,4-9,14-15H2,(H,24,28)(H,25,26). The van der Waals surface area contributed by atoms with E-state index in [1.54, 1.807) is 0 Å². The van der Waals surface area contributed by atoms with E-state index in [0.717, 1.165) is 71.9 Å². The van der Waals surface area contributed by atoms with Gasteiger partial charge in [0.05, 0.1) is 25.3 Å². The summed E-state index contributed by atoms with van der Waals surface area (Å²) in [6.07, 6.45) is 0.278. The third-order valence-electron chi connectivity index (χ3n) is 5.60. The van der Waals surface area contributed by atoms with Gasteiger partial charge >= 0.3 is 6.09 Å². The van der Waals surface area contributed by atoms with Crippen LogP contribution in [0, 0.1) is 0 Å². The molecule has 0 aliphatic carbocycles. The predicted molar refractivity (Wildman–Crippen MR) is 116 cm³/mol. The van der Waals surface area contributed by atoms with Gasteiger partial charge in [0, 0.05) is 37.1 Å². The zero-order chi connectivity index (χ0) is 21.0. The first-order valence-corrected chi connectivity index (χ1v) is 10.7. The molecule has 0 unspecified atom stereocenters. The van der Waals surface area contributed by atoms with Crippen molar-refractivity contribution in [2.75, 3.05) is 39.5 Å². The van der Waals surface area contributed by atoms with Gasteiger partial charge in [-0.3, -0.25) is 10.00 Å². The van der Waals surface area contributed by atoms with E-state index in [2.05, 4.69) is 32.5 Å². The highest BCUT2D eigenvalue weighted by Crippen LogP contribution is 2.31. The summed E-state index contributed by atoms with van der Waals surface area (Å²) in [6.45, 7) is 5.35. The first kappa shape index (κ1) is 19.8. The molecule has 8 heteroatoms. The number of aromatic amines is 1. The van der Waals surface area contributed by atoms with Gasteiger partial charge in [-0.2, -0.15) is 5.10 Å². The van der Waals surface area contributed by atoms with Crippen LogP contribution in [0.4, 0.5) is 4.79 Å². The summed E-state index contributed by atoms with van der Waals surface area (Å²) >= 11 is 0. The van der Waals surface area contributed by atoms with Crippen molar-refractivity contribution >= 4 is 17.0 Å². The Hall–Kier alpha value is -3.10. The van der Waals surface area contributed by atoms with Crippen LogP contribution in [0.15, 0.2) is 36.4 Å². The molecular formula is C23H26N4O4. The van der Waals surface area contributed by atoms with Crippen LogP contribution < -0.4 is 10.1 Å². The molecule has 0 spiro atoms. The maximum Gasteiger partial charge on any atom is 0.407 e. The first-order valence-electron chi connectivity index (χ1n) is 10.7. The highest BCUT2D eigenvalue weighted by Gasteiger charge is 2.16. The zero-order valence-corrected chi connectivity index (χ0v) is 17.4. The van der Waals surface area contributed by atoms with Crippen molar-refractivity contribution in [2.24, 2.45) is 0 Å². The summed E-state index contributed by atoms with van der Waals surface area (Å²) in [6, 6.07) is 12.3. The normalized spacial score (nSPS) is 18.0. The van der Waals surface area contributed by atoms with Crippen LogP contribution in [0.2, 0.25) is 0 Å². The Morgan fingerprint density at radius 1 is 1.03 bits per heavy atom. The number of hydrogen-bond donors (Lipinski definition) is 2. The van der Waals surface area contributed by atoms with E-state index in [1.165, 1.54) is 0 Å². The minimum atomic E-state index is -0.419. The Labute approximate surface area is 180 Å². The molecule has 0 atom stereocenters. The number of carbonyl (C=O) groups excluding carboxylic acids is 1. The molecule has 0 radical (unpaired) electrons. The van der Waals surface area contributed by atoms with Gasteiger partial charge in [0.15, 0.2) is 0 Å². The molecule has 4 bridgehead atoms. The van der Waals surface area contributed by atoms with Crippen LogP contribution in [0.25, 0.3) is 22.2 Å². The SMILES string of the molecule is O=C1NCCCOc2ccc3[nH]nc(c3c2)-c2cc(cc(CN3CCOCC3)c2)CO1. The summed E-state index contributed by atoms with van der Waals surface area (Å²) in [5.41, 5.74) is 4.91. The van der Waals surface area contributed by atoms with Crippen LogP contribution in [0.1, 0.15) is 17.5 Å². The Morgan fingerprint density at radius 3 is 2.84 bits per heavy atom. The van der Waals surface area contributed by atoms with Crippen molar-refractivity contribution in [1.82, 2.24) is 20.4 Å². The average molecular weight is 422 g/mol. The number of aromatic nitrogens is 2. The number of ether oxygens (including phenoxy) is 3. The molecule has 2 N–H and O–H groups in total. The number of fused-ring (bicyclic) bond motifs is 4. The fraction of sp³-hybridized carbons (Fsp3) is 0.391. The predicted octanol–water partition coefficient (Wildman–Crippen LogP) is 3.07. The van der Waals surface area contributed by atoms with Gasteiger partial charge in [0.1, 0.15) is 18.1 Å². The number of morpholine rings is 1. The van der Waals surface area contributed by atoms with Crippen molar-refractivity contribution in [2.45, 2.75) is 19.6 Å². The molecule has 2 aliphatic heterocycles. The number of H-pyrrole nitrogens is 1. The highest BCUT2D eigenvalue weighted by atomic mass is 16.5. The van der Waals surface area contributed by atoms with Crippen LogP contribution in [0.5, 0.6) is 5.75 Å². The quantitative estimate of drug-likeness (QED) is 0.660. The van der Waals surface area contributed by atoms with Gasteiger partial charge in [-0.15, -0.1) is 0 Å². The summed E-state index contributed by atoms with van der Waals surface area (Å²) in [7, 11) is 0. The monoisotopic (exact) mass is 422 g/mol. The van der Waals surface area contributed by atoms with Crippen molar-refractivity contribution in [3.8, 4) is 17.0 Å². The number of hydrogen-bond acceptors (Lipinski definition) is 6. The summed E-state index contributed by atoms with van der Waals surface area (Å²) in [5.74, 6) is 0.789. The molecule has 3 heterocycles. The molecule has 3 aromatic rings. The third kappa shape index (κ3) is 4.65. The van der Waals surface area contributed by atoms with Gasteiger partial charge in [0.2, 0.25) is 0 Å². The van der Waals surface area contributed by atoms with Crippen LogP contribution in [-0.4, -0.2) is 60.6 Å². The number of nitrogens with zero attached hydrogens (tertiary/aromatic N) is 2. The number of amides is 1. The van der Waals surface area contributed by atoms with Crippen LogP contribution >= 0.6 is 0 Å². The Morgan fingerprint density at radius 2 is 1.94 bits per heavy atom. The lowest BCUT2D eigenvalue weighted by molar-refractivity contribution is 0.0341. The fourth-order valence-electron chi connectivity index (χ4n) is 4.05. The highest BCUT2D eigenvalue weighted by molar-refractivity contribution is 5.94. The Bertz CT molecular complexity index is 1070. The number of alkyl carbamates (subject to hydrolysis) is 1. The smallest absolute Gasteiger partial charge is 0.407 e. The molecule has 5 rings (SSSR count). The molecule has 1 amide bonds. The maximum absolute atomic E-state index is 12.1. The molecule has 2 aliphatic rings. The van der Waals surface area contributed by atoms with Crippen molar-refractivity contribution in [3.05, 3.63) is 47.5 Å². The second-order valence-electron chi connectivity index (χ2n) is 7.91. The van der Waals surface area contributed by atoms with Gasteiger partial charge < -0.3 is 19.5 Å². The van der Waals surface area contributed by atoms with E-state index in [-0.39, 0.29) is 6.61 Å².